The van der Waals surface area contributed by atoms with Gasteiger partial charge < -0.3 is 10.0 Å². The van der Waals surface area contributed by atoms with Crippen molar-refractivity contribution >= 4 is 40.6 Å². The first-order valence-corrected chi connectivity index (χ1v) is 8.10. The summed E-state index contributed by atoms with van der Waals surface area (Å²) in [4.78, 5) is 25.7. The van der Waals surface area contributed by atoms with Gasteiger partial charge in [0.05, 0.1) is 10.7 Å². The zero-order valence-electron chi connectivity index (χ0n) is 12.7. The predicted molar refractivity (Wildman–Crippen MR) is 87.5 cm³/mol. The highest BCUT2D eigenvalue weighted by atomic mass is 35.5. The number of unbranched alkanes of at least 4 members (excludes halogenated alkanes) is 2. The highest BCUT2D eigenvalue weighted by Gasteiger charge is 2.52. The summed E-state index contributed by atoms with van der Waals surface area (Å²) >= 11 is 12.4. The number of carbonyl (C=O) groups is 2. The number of anilines is 1. The number of aliphatic hydroxyl groups is 1. The molecule has 1 aromatic carbocycles. The summed E-state index contributed by atoms with van der Waals surface area (Å²) in [5.41, 5.74) is -1.24. The Morgan fingerprint density at radius 1 is 1.27 bits per heavy atom. The standard InChI is InChI=1S/C16H19Cl2NO3/c1-3-4-5-8-19-14-12(18)7-6-11(17)13(14)16(22,15(19)21)9-10(2)20/h6-7,22H,3-5,8-9H2,1-2H3. The fourth-order valence-electron chi connectivity index (χ4n) is 2.89. The second kappa shape index (κ2) is 6.57. The van der Waals surface area contributed by atoms with Crippen LogP contribution in [-0.2, 0) is 15.2 Å². The lowest BCUT2D eigenvalue weighted by Crippen LogP contribution is -2.42. The Morgan fingerprint density at radius 2 is 1.91 bits per heavy atom. The molecule has 0 bridgehead atoms. The highest BCUT2D eigenvalue weighted by molar-refractivity contribution is 6.38. The van der Waals surface area contributed by atoms with E-state index in [-0.39, 0.29) is 22.8 Å². The Labute approximate surface area is 140 Å². The monoisotopic (exact) mass is 343 g/mol. The molecule has 1 N–H and O–H groups in total. The molecule has 0 saturated carbocycles. The number of hydrogen-bond acceptors (Lipinski definition) is 3. The SMILES string of the molecule is CCCCCN1C(=O)C(O)(CC(C)=O)c2c(Cl)ccc(Cl)c21. The van der Waals surface area contributed by atoms with Crippen molar-refractivity contribution < 1.29 is 14.7 Å². The van der Waals surface area contributed by atoms with Gasteiger partial charge in [-0.15, -0.1) is 0 Å². The van der Waals surface area contributed by atoms with Crippen molar-refractivity contribution in [1.82, 2.24) is 0 Å². The molecular weight excluding hydrogens is 325 g/mol. The van der Waals surface area contributed by atoms with E-state index in [0.717, 1.165) is 19.3 Å². The second-order valence-electron chi connectivity index (χ2n) is 5.66. The summed E-state index contributed by atoms with van der Waals surface area (Å²) < 4.78 is 0. The molecule has 0 aliphatic carbocycles. The van der Waals surface area contributed by atoms with Crippen LogP contribution in [0.3, 0.4) is 0 Å². The van der Waals surface area contributed by atoms with Gasteiger partial charge in [0.15, 0.2) is 5.60 Å². The Bertz CT molecular complexity index is 618. The van der Waals surface area contributed by atoms with Crippen LogP contribution in [0.1, 0.15) is 45.1 Å². The van der Waals surface area contributed by atoms with E-state index in [4.69, 9.17) is 23.2 Å². The van der Waals surface area contributed by atoms with Crippen LogP contribution in [0.4, 0.5) is 5.69 Å². The quantitative estimate of drug-likeness (QED) is 0.801. The number of ketones is 1. The topological polar surface area (TPSA) is 57.6 Å². The number of rotatable bonds is 6. The maximum absolute atomic E-state index is 12.7. The van der Waals surface area contributed by atoms with Crippen LogP contribution in [0.5, 0.6) is 0 Å². The first kappa shape index (κ1) is 17.3. The fraction of sp³-hybridized carbons (Fsp3) is 0.500. The molecule has 0 fully saturated rings. The minimum absolute atomic E-state index is 0.245. The lowest BCUT2D eigenvalue weighted by molar-refractivity contribution is -0.141. The third-order valence-corrected chi connectivity index (χ3v) is 4.47. The Kier molecular flexibility index (Phi) is 5.15. The third kappa shape index (κ3) is 2.87. The molecule has 1 heterocycles. The predicted octanol–water partition coefficient (Wildman–Crippen LogP) is 3.70. The highest BCUT2D eigenvalue weighted by Crippen LogP contribution is 2.49. The first-order chi connectivity index (χ1) is 10.3. The summed E-state index contributed by atoms with van der Waals surface area (Å²) in [5, 5.41) is 11.5. The van der Waals surface area contributed by atoms with Gasteiger partial charge in [-0.1, -0.05) is 43.0 Å². The number of fused-ring (bicyclic) bond motifs is 1. The molecule has 1 unspecified atom stereocenters. The molecule has 1 aliphatic heterocycles. The molecule has 0 saturated heterocycles. The third-order valence-electron chi connectivity index (χ3n) is 3.85. The number of nitrogens with zero attached hydrogens (tertiary/aromatic N) is 1. The van der Waals surface area contributed by atoms with Crippen LogP contribution >= 0.6 is 23.2 Å². The molecule has 120 valence electrons. The molecular formula is C16H19Cl2NO3. The van der Waals surface area contributed by atoms with Crippen molar-refractivity contribution in [3.8, 4) is 0 Å². The fourth-order valence-corrected chi connectivity index (χ4v) is 3.46. The summed E-state index contributed by atoms with van der Waals surface area (Å²) in [5.74, 6) is -0.808. The normalized spacial score (nSPS) is 20.4. The minimum Gasteiger partial charge on any atom is -0.375 e. The Hall–Kier alpha value is -1.10. The van der Waals surface area contributed by atoms with E-state index >= 15 is 0 Å². The lowest BCUT2D eigenvalue weighted by Gasteiger charge is -2.22. The molecule has 1 aromatic rings. The van der Waals surface area contributed by atoms with E-state index in [2.05, 4.69) is 6.92 Å². The van der Waals surface area contributed by atoms with E-state index < -0.39 is 11.5 Å². The van der Waals surface area contributed by atoms with Crippen molar-refractivity contribution in [2.24, 2.45) is 0 Å². The number of halogens is 2. The molecule has 0 spiro atoms. The van der Waals surface area contributed by atoms with Crippen molar-refractivity contribution in [1.29, 1.82) is 0 Å². The Morgan fingerprint density at radius 3 is 2.50 bits per heavy atom. The average Bonchev–Trinajstić information content (AvgIpc) is 2.65. The molecule has 6 heteroatoms. The molecule has 2 rings (SSSR count). The molecule has 0 radical (unpaired) electrons. The second-order valence-corrected chi connectivity index (χ2v) is 6.47. The van der Waals surface area contributed by atoms with Gasteiger partial charge in [0.1, 0.15) is 5.78 Å². The number of benzene rings is 1. The van der Waals surface area contributed by atoms with Crippen LogP contribution < -0.4 is 4.90 Å². The number of amides is 1. The molecule has 0 aromatic heterocycles. The number of hydrogen-bond donors (Lipinski definition) is 1. The largest absolute Gasteiger partial charge is 0.375 e. The number of Topliss-reactive ketones (excluding diaryl/α,β-unsaturated/α-hetero) is 1. The minimum atomic E-state index is -1.92. The zero-order chi connectivity index (χ0) is 16.5. The molecule has 1 amide bonds. The molecule has 22 heavy (non-hydrogen) atoms. The van der Waals surface area contributed by atoms with E-state index in [1.165, 1.54) is 17.9 Å². The van der Waals surface area contributed by atoms with Crippen LogP contribution in [0, 0.1) is 0 Å². The van der Waals surface area contributed by atoms with Crippen LogP contribution in [0.15, 0.2) is 12.1 Å². The van der Waals surface area contributed by atoms with Crippen molar-refractivity contribution in [2.75, 3.05) is 11.4 Å². The maximum Gasteiger partial charge on any atom is 0.264 e. The van der Waals surface area contributed by atoms with Gasteiger partial charge in [-0.3, -0.25) is 9.59 Å². The molecule has 4 nitrogen and oxygen atoms in total. The van der Waals surface area contributed by atoms with Gasteiger partial charge in [0.2, 0.25) is 0 Å². The van der Waals surface area contributed by atoms with E-state index in [1.54, 1.807) is 6.07 Å². The van der Waals surface area contributed by atoms with Gasteiger partial charge in [-0.25, -0.2) is 0 Å². The van der Waals surface area contributed by atoms with Crippen LogP contribution in [-0.4, -0.2) is 23.3 Å². The Balaban J connectivity index is 2.52. The summed E-state index contributed by atoms with van der Waals surface area (Å²) in [6.45, 7) is 3.85. The average molecular weight is 344 g/mol. The van der Waals surface area contributed by atoms with E-state index in [1.807, 2.05) is 0 Å². The van der Waals surface area contributed by atoms with Gasteiger partial charge >= 0.3 is 0 Å². The van der Waals surface area contributed by atoms with E-state index in [0.29, 0.717) is 17.3 Å². The van der Waals surface area contributed by atoms with Gasteiger partial charge in [0.25, 0.3) is 5.91 Å². The zero-order valence-corrected chi connectivity index (χ0v) is 14.2. The van der Waals surface area contributed by atoms with Crippen molar-refractivity contribution in [2.45, 2.75) is 45.1 Å². The van der Waals surface area contributed by atoms with Crippen LogP contribution in [0.25, 0.3) is 0 Å². The summed E-state index contributed by atoms with van der Waals surface area (Å²) in [6, 6.07) is 3.14. The van der Waals surface area contributed by atoms with Gasteiger partial charge in [0, 0.05) is 23.6 Å². The van der Waals surface area contributed by atoms with Crippen molar-refractivity contribution in [3.05, 3.63) is 27.7 Å². The summed E-state index contributed by atoms with van der Waals surface area (Å²) in [6.07, 6.45) is 2.46. The van der Waals surface area contributed by atoms with E-state index in [9.17, 15) is 14.7 Å². The molecule has 1 atom stereocenters. The van der Waals surface area contributed by atoms with Crippen molar-refractivity contribution in [3.63, 3.8) is 0 Å². The lowest BCUT2D eigenvalue weighted by atomic mass is 9.90. The first-order valence-electron chi connectivity index (χ1n) is 7.35. The number of carbonyl (C=O) groups excluding carboxylic acids is 2. The van der Waals surface area contributed by atoms with Gasteiger partial charge in [-0.05, 0) is 25.5 Å². The molecule has 1 aliphatic rings. The van der Waals surface area contributed by atoms with Gasteiger partial charge in [-0.2, -0.15) is 0 Å². The van der Waals surface area contributed by atoms with Crippen LogP contribution in [0.2, 0.25) is 10.0 Å². The smallest absolute Gasteiger partial charge is 0.264 e. The maximum atomic E-state index is 12.7. The summed E-state index contributed by atoms with van der Waals surface area (Å²) in [7, 11) is 0.